The first-order valence-corrected chi connectivity index (χ1v) is 6.50. The van der Waals surface area contributed by atoms with Crippen molar-refractivity contribution in [1.82, 2.24) is 4.90 Å². The third-order valence-corrected chi connectivity index (χ3v) is 3.04. The standard InChI is InChI=1S/C15H21NO4/c1-16(10-4-5-15(18)20-3)14(17)11-12-6-8-13(19-2)9-7-12/h6-9H,4-5,10-11H2,1-3H3. The summed E-state index contributed by atoms with van der Waals surface area (Å²) in [5, 5.41) is 0. The fraction of sp³-hybridized carbons (Fsp3) is 0.467. The van der Waals surface area contributed by atoms with Gasteiger partial charge in [-0.1, -0.05) is 12.1 Å². The molecule has 1 amide bonds. The Morgan fingerprint density at radius 1 is 1.15 bits per heavy atom. The van der Waals surface area contributed by atoms with Gasteiger partial charge in [0.15, 0.2) is 0 Å². The first-order chi connectivity index (χ1) is 9.56. The van der Waals surface area contributed by atoms with Crippen LogP contribution in [-0.2, 0) is 20.7 Å². The summed E-state index contributed by atoms with van der Waals surface area (Å²) in [5.74, 6) is 0.550. The lowest BCUT2D eigenvalue weighted by Gasteiger charge is -2.16. The molecule has 0 heterocycles. The first-order valence-electron chi connectivity index (χ1n) is 6.50. The van der Waals surface area contributed by atoms with E-state index in [1.807, 2.05) is 24.3 Å². The van der Waals surface area contributed by atoms with E-state index in [4.69, 9.17) is 4.74 Å². The number of hydrogen-bond acceptors (Lipinski definition) is 4. The van der Waals surface area contributed by atoms with Crippen molar-refractivity contribution >= 4 is 11.9 Å². The summed E-state index contributed by atoms with van der Waals surface area (Å²) in [7, 11) is 4.71. The van der Waals surface area contributed by atoms with E-state index >= 15 is 0 Å². The molecule has 0 aliphatic heterocycles. The second-order valence-corrected chi connectivity index (χ2v) is 4.52. The van der Waals surface area contributed by atoms with Crippen molar-refractivity contribution in [3.05, 3.63) is 29.8 Å². The van der Waals surface area contributed by atoms with Crippen molar-refractivity contribution in [1.29, 1.82) is 0 Å². The van der Waals surface area contributed by atoms with Crippen LogP contribution in [0, 0.1) is 0 Å². The fourth-order valence-corrected chi connectivity index (χ4v) is 1.74. The van der Waals surface area contributed by atoms with Crippen LogP contribution >= 0.6 is 0 Å². The van der Waals surface area contributed by atoms with Crippen LogP contribution in [0.25, 0.3) is 0 Å². The predicted octanol–water partition coefficient (Wildman–Crippen LogP) is 1.65. The van der Waals surface area contributed by atoms with Gasteiger partial charge in [0.2, 0.25) is 5.91 Å². The van der Waals surface area contributed by atoms with Crippen LogP contribution < -0.4 is 4.74 Å². The SMILES string of the molecule is COC(=O)CCCN(C)C(=O)Cc1ccc(OC)cc1. The predicted molar refractivity (Wildman–Crippen MR) is 75.6 cm³/mol. The monoisotopic (exact) mass is 279 g/mol. The number of methoxy groups -OCH3 is 2. The van der Waals surface area contributed by atoms with E-state index in [2.05, 4.69) is 4.74 Å². The van der Waals surface area contributed by atoms with Crippen molar-refractivity contribution in [2.24, 2.45) is 0 Å². The second-order valence-electron chi connectivity index (χ2n) is 4.52. The topological polar surface area (TPSA) is 55.8 Å². The van der Waals surface area contributed by atoms with Crippen LogP contribution in [-0.4, -0.2) is 44.6 Å². The van der Waals surface area contributed by atoms with Gasteiger partial charge in [-0.25, -0.2) is 0 Å². The Labute approximate surface area is 119 Å². The number of amides is 1. The number of carbonyl (C=O) groups is 2. The van der Waals surface area contributed by atoms with Crippen LogP contribution in [0.2, 0.25) is 0 Å². The maximum atomic E-state index is 12.0. The highest BCUT2D eigenvalue weighted by Gasteiger charge is 2.10. The highest BCUT2D eigenvalue weighted by Crippen LogP contribution is 2.12. The van der Waals surface area contributed by atoms with E-state index in [9.17, 15) is 9.59 Å². The summed E-state index contributed by atoms with van der Waals surface area (Å²) in [4.78, 5) is 24.6. The zero-order valence-electron chi connectivity index (χ0n) is 12.2. The minimum Gasteiger partial charge on any atom is -0.497 e. The van der Waals surface area contributed by atoms with Gasteiger partial charge in [-0.2, -0.15) is 0 Å². The summed E-state index contributed by atoms with van der Waals surface area (Å²) in [5.41, 5.74) is 0.940. The minimum absolute atomic E-state index is 0.0278. The van der Waals surface area contributed by atoms with Crippen LogP contribution in [0.5, 0.6) is 5.75 Å². The molecule has 20 heavy (non-hydrogen) atoms. The summed E-state index contributed by atoms with van der Waals surface area (Å²) in [6.45, 7) is 0.546. The normalized spacial score (nSPS) is 9.95. The molecule has 0 aliphatic carbocycles. The van der Waals surface area contributed by atoms with Gasteiger partial charge in [0.05, 0.1) is 20.6 Å². The molecule has 0 atom stereocenters. The Balaban J connectivity index is 2.38. The zero-order valence-corrected chi connectivity index (χ0v) is 12.2. The lowest BCUT2D eigenvalue weighted by atomic mass is 10.1. The van der Waals surface area contributed by atoms with Gasteiger partial charge in [-0.05, 0) is 24.1 Å². The number of carbonyl (C=O) groups excluding carboxylic acids is 2. The maximum Gasteiger partial charge on any atom is 0.305 e. The smallest absolute Gasteiger partial charge is 0.305 e. The zero-order chi connectivity index (χ0) is 15.0. The summed E-state index contributed by atoms with van der Waals surface area (Å²) in [6.07, 6.45) is 1.28. The van der Waals surface area contributed by atoms with Crippen molar-refractivity contribution in [2.45, 2.75) is 19.3 Å². The van der Waals surface area contributed by atoms with E-state index in [-0.39, 0.29) is 11.9 Å². The number of rotatable bonds is 7. The molecule has 1 rings (SSSR count). The van der Waals surface area contributed by atoms with Crippen molar-refractivity contribution in [2.75, 3.05) is 27.8 Å². The Bertz CT molecular complexity index is 442. The molecule has 0 radical (unpaired) electrons. The van der Waals surface area contributed by atoms with E-state index < -0.39 is 0 Å². The maximum absolute atomic E-state index is 12.0. The molecule has 0 bridgehead atoms. The van der Waals surface area contributed by atoms with Crippen molar-refractivity contribution in [3.63, 3.8) is 0 Å². The van der Waals surface area contributed by atoms with Gasteiger partial charge in [-0.3, -0.25) is 9.59 Å². The van der Waals surface area contributed by atoms with E-state index in [0.717, 1.165) is 11.3 Å². The molecule has 0 saturated heterocycles. The molecule has 5 nitrogen and oxygen atoms in total. The Morgan fingerprint density at radius 3 is 2.35 bits per heavy atom. The molecule has 0 fully saturated rings. The number of benzene rings is 1. The minimum atomic E-state index is -0.249. The molecule has 0 aliphatic rings. The number of nitrogens with zero attached hydrogens (tertiary/aromatic N) is 1. The quantitative estimate of drug-likeness (QED) is 0.712. The largest absolute Gasteiger partial charge is 0.497 e. The third-order valence-electron chi connectivity index (χ3n) is 3.04. The van der Waals surface area contributed by atoms with E-state index in [1.165, 1.54) is 7.11 Å². The molecule has 1 aromatic rings. The number of ether oxygens (including phenoxy) is 2. The van der Waals surface area contributed by atoms with E-state index in [0.29, 0.717) is 25.8 Å². The Morgan fingerprint density at radius 2 is 1.80 bits per heavy atom. The van der Waals surface area contributed by atoms with Gasteiger partial charge in [-0.15, -0.1) is 0 Å². The van der Waals surface area contributed by atoms with Crippen LogP contribution in [0.15, 0.2) is 24.3 Å². The molecule has 0 spiro atoms. The van der Waals surface area contributed by atoms with Gasteiger partial charge in [0, 0.05) is 20.0 Å². The van der Waals surface area contributed by atoms with Gasteiger partial charge < -0.3 is 14.4 Å². The number of esters is 1. The average Bonchev–Trinajstić information content (AvgIpc) is 2.47. The molecule has 0 aromatic heterocycles. The second kappa shape index (κ2) is 8.19. The Hall–Kier alpha value is -2.04. The number of likely N-dealkylation sites (N-methyl/N-ethyl adjacent to an activating group) is 1. The van der Waals surface area contributed by atoms with Crippen LogP contribution in [0.1, 0.15) is 18.4 Å². The molecule has 110 valence electrons. The fourth-order valence-electron chi connectivity index (χ4n) is 1.74. The average molecular weight is 279 g/mol. The highest BCUT2D eigenvalue weighted by atomic mass is 16.5. The molecular formula is C15H21NO4. The lowest BCUT2D eigenvalue weighted by molar-refractivity contribution is -0.141. The van der Waals surface area contributed by atoms with Gasteiger partial charge >= 0.3 is 5.97 Å². The van der Waals surface area contributed by atoms with Crippen LogP contribution in [0.3, 0.4) is 0 Å². The first kappa shape index (κ1) is 16.0. The van der Waals surface area contributed by atoms with Crippen molar-refractivity contribution in [3.8, 4) is 5.75 Å². The number of hydrogen-bond donors (Lipinski definition) is 0. The van der Waals surface area contributed by atoms with Gasteiger partial charge in [0.25, 0.3) is 0 Å². The molecule has 1 aromatic carbocycles. The van der Waals surface area contributed by atoms with Crippen LogP contribution in [0.4, 0.5) is 0 Å². The Kier molecular flexibility index (Phi) is 6.56. The molecule has 0 saturated carbocycles. The third kappa shape index (κ3) is 5.30. The summed E-state index contributed by atoms with van der Waals surface area (Å²) < 4.78 is 9.62. The molecule has 0 unspecified atom stereocenters. The highest BCUT2D eigenvalue weighted by molar-refractivity contribution is 5.78. The summed E-state index contributed by atoms with van der Waals surface area (Å²) in [6, 6.07) is 7.41. The van der Waals surface area contributed by atoms with Gasteiger partial charge in [0.1, 0.15) is 5.75 Å². The molecular weight excluding hydrogens is 258 g/mol. The molecule has 5 heteroatoms. The lowest BCUT2D eigenvalue weighted by Crippen LogP contribution is -2.29. The summed E-state index contributed by atoms with van der Waals surface area (Å²) >= 11 is 0. The van der Waals surface area contributed by atoms with E-state index in [1.54, 1.807) is 19.1 Å². The molecule has 0 N–H and O–H groups in total. The van der Waals surface area contributed by atoms with Crippen molar-refractivity contribution < 1.29 is 19.1 Å².